The molecule has 2 unspecified atom stereocenters. The Kier molecular flexibility index (Phi) is 6.68. The second kappa shape index (κ2) is 9.24. The fraction of sp³-hybridized carbons (Fsp3) is 0.304. The first kappa shape index (κ1) is 22.4. The Labute approximate surface area is 177 Å². The van der Waals surface area contributed by atoms with Crippen LogP contribution < -0.4 is 10.1 Å². The van der Waals surface area contributed by atoms with Gasteiger partial charge in [0.25, 0.3) is 0 Å². The maximum Gasteiger partial charge on any atom is 0.416 e. The number of methoxy groups -OCH3 is 1. The van der Waals surface area contributed by atoms with Gasteiger partial charge in [-0.3, -0.25) is 9.59 Å². The van der Waals surface area contributed by atoms with Gasteiger partial charge in [-0.15, -0.1) is 0 Å². The number of hydrogen-bond donors (Lipinski definition) is 1. The van der Waals surface area contributed by atoms with Gasteiger partial charge in [0.2, 0.25) is 0 Å². The number of ether oxygens (including phenoxy) is 2. The van der Waals surface area contributed by atoms with E-state index in [-0.39, 0.29) is 6.61 Å². The minimum Gasteiger partial charge on any atom is -0.497 e. The van der Waals surface area contributed by atoms with Crippen LogP contribution in [0, 0.1) is 5.92 Å². The third-order valence-electron chi connectivity index (χ3n) is 5.04. The first-order chi connectivity index (χ1) is 14.7. The Bertz CT molecular complexity index is 983. The number of ketones is 1. The zero-order chi connectivity index (χ0) is 22.6. The van der Waals surface area contributed by atoms with Crippen molar-refractivity contribution in [3.63, 3.8) is 0 Å². The number of carbonyl (C=O) groups excluding carboxylic acids is 2. The lowest BCUT2D eigenvalue weighted by molar-refractivity contribution is -0.151. The van der Waals surface area contributed by atoms with E-state index in [2.05, 4.69) is 5.32 Å². The van der Waals surface area contributed by atoms with E-state index in [0.717, 1.165) is 17.7 Å². The number of hydrogen-bond acceptors (Lipinski definition) is 5. The Balaban J connectivity index is 1.90. The fourth-order valence-corrected chi connectivity index (χ4v) is 3.58. The molecule has 2 atom stereocenters. The van der Waals surface area contributed by atoms with E-state index in [4.69, 9.17) is 9.47 Å². The zero-order valence-electron chi connectivity index (χ0n) is 17.0. The molecule has 0 fully saturated rings. The molecule has 31 heavy (non-hydrogen) atoms. The van der Waals surface area contributed by atoms with Gasteiger partial charge in [-0.1, -0.05) is 12.1 Å². The average molecular weight is 433 g/mol. The quantitative estimate of drug-likeness (QED) is 0.516. The molecule has 0 aliphatic heterocycles. The summed E-state index contributed by atoms with van der Waals surface area (Å²) in [5.74, 6) is -1.97. The monoisotopic (exact) mass is 433 g/mol. The van der Waals surface area contributed by atoms with Crippen LogP contribution in [-0.4, -0.2) is 25.5 Å². The molecule has 164 valence electrons. The summed E-state index contributed by atoms with van der Waals surface area (Å²) < 4.78 is 48.7. The van der Waals surface area contributed by atoms with Crippen LogP contribution in [0.25, 0.3) is 0 Å². The second-order valence-corrected chi connectivity index (χ2v) is 7.09. The first-order valence-electron chi connectivity index (χ1n) is 9.72. The van der Waals surface area contributed by atoms with Gasteiger partial charge < -0.3 is 14.8 Å². The zero-order valence-corrected chi connectivity index (χ0v) is 17.0. The molecule has 0 saturated heterocycles. The highest BCUT2D eigenvalue weighted by atomic mass is 19.4. The molecular formula is C23H22F3NO4. The third-order valence-corrected chi connectivity index (χ3v) is 5.04. The number of nitrogens with one attached hydrogen (secondary N) is 1. The van der Waals surface area contributed by atoms with Gasteiger partial charge in [-0.25, -0.2) is 0 Å². The average Bonchev–Trinajstić information content (AvgIpc) is 2.73. The normalized spacial score (nSPS) is 18.9. The van der Waals surface area contributed by atoms with Gasteiger partial charge in [0.1, 0.15) is 11.7 Å². The standard InChI is InChI=1S/C23H22F3NO4/c1-3-31-22(29)21-19(14-5-4-6-18(11-14)30-2)12-17(13-20(21)28)27-16-9-7-15(8-10-16)23(24,25)26/h4-11,13,19,21,27H,3,12H2,1-2H3. The first-order valence-corrected chi connectivity index (χ1v) is 9.72. The molecule has 3 rings (SSSR count). The van der Waals surface area contributed by atoms with E-state index < -0.39 is 35.3 Å². The molecule has 1 N–H and O–H groups in total. The molecule has 0 spiro atoms. The van der Waals surface area contributed by atoms with Gasteiger partial charge in [0, 0.05) is 23.4 Å². The molecule has 2 aromatic carbocycles. The van der Waals surface area contributed by atoms with Crippen molar-refractivity contribution in [2.45, 2.75) is 25.4 Å². The second-order valence-electron chi connectivity index (χ2n) is 7.09. The Hall–Kier alpha value is -3.29. The van der Waals surface area contributed by atoms with Crippen LogP contribution in [0.2, 0.25) is 0 Å². The largest absolute Gasteiger partial charge is 0.497 e. The molecule has 0 bridgehead atoms. The van der Waals surface area contributed by atoms with Gasteiger partial charge >= 0.3 is 12.1 Å². The highest BCUT2D eigenvalue weighted by Gasteiger charge is 2.40. The predicted molar refractivity (Wildman–Crippen MR) is 109 cm³/mol. The van der Waals surface area contributed by atoms with Crippen LogP contribution in [0.3, 0.4) is 0 Å². The van der Waals surface area contributed by atoms with E-state index >= 15 is 0 Å². The van der Waals surface area contributed by atoms with E-state index in [1.165, 1.54) is 25.3 Å². The van der Waals surface area contributed by atoms with Crippen molar-refractivity contribution < 1.29 is 32.2 Å². The molecule has 0 radical (unpaired) electrons. The topological polar surface area (TPSA) is 64.6 Å². The maximum absolute atomic E-state index is 12.8. The SMILES string of the molecule is CCOC(=O)C1C(=O)C=C(Nc2ccc(C(F)(F)F)cc2)CC1c1cccc(OC)c1. The van der Waals surface area contributed by atoms with Crippen LogP contribution in [0.4, 0.5) is 18.9 Å². The summed E-state index contributed by atoms with van der Waals surface area (Å²) in [7, 11) is 1.52. The summed E-state index contributed by atoms with van der Waals surface area (Å²) in [4.78, 5) is 25.4. The van der Waals surface area contributed by atoms with Crippen molar-refractivity contribution in [1.29, 1.82) is 0 Å². The molecule has 0 saturated carbocycles. The Morgan fingerprint density at radius 3 is 2.48 bits per heavy atom. The summed E-state index contributed by atoms with van der Waals surface area (Å²) >= 11 is 0. The molecule has 8 heteroatoms. The van der Waals surface area contributed by atoms with Crippen molar-refractivity contribution in [1.82, 2.24) is 0 Å². The molecular weight excluding hydrogens is 411 g/mol. The highest BCUT2D eigenvalue weighted by Crippen LogP contribution is 2.38. The molecule has 0 amide bonds. The van der Waals surface area contributed by atoms with E-state index in [1.807, 2.05) is 0 Å². The van der Waals surface area contributed by atoms with Crippen LogP contribution in [-0.2, 0) is 20.5 Å². The number of esters is 1. The molecule has 1 aliphatic rings. The summed E-state index contributed by atoms with van der Waals surface area (Å²) in [6.07, 6.45) is -2.82. The van der Waals surface area contributed by atoms with Crippen molar-refractivity contribution in [2.24, 2.45) is 5.92 Å². The number of halogens is 3. The minimum absolute atomic E-state index is 0.147. The Morgan fingerprint density at radius 2 is 1.87 bits per heavy atom. The number of rotatable bonds is 6. The molecule has 0 heterocycles. The molecule has 2 aromatic rings. The summed E-state index contributed by atoms with van der Waals surface area (Å²) in [5, 5.41) is 3.00. The number of anilines is 1. The number of allylic oxidation sites excluding steroid dienone is 2. The van der Waals surface area contributed by atoms with Crippen LogP contribution in [0.5, 0.6) is 5.75 Å². The summed E-state index contributed by atoms with van der Waals surface area (Å²) in [6.45, 7) is 1.81. The minimum atomic E-state index is -4.43. The van der Waals surface area contributed by atoms with Gasteiger partial charge in [0.15, 0.2) is 5.78 Å². The van der Waals surface area contributed by atoms with Crippen molar-refractivity contribution in [3.8, 4) is 5.75 Å². The van der Waals surface area contributed by atoms with Gasteiger partial charge in [-0.2, -0.15) is 13.2 Å². The van der Waals surface area contributed by atoms with Gasteiger partial charge in [-0.05, 0) is 55.3 Å². The van der Waals surface area contributed by atoms with Crippen molar-refractivity contribution in [3.05, 3.63) is 71.4 Å². The van der Waals surface area contributed by atoms with Crippen LogP contribution in [0.1, 0.15) is 30.4 Å². The number of benzene rings is 2. The number of carbonyl (C=O) groups is 2. The lowest BCUT2D eigenvalue weighted by atomic mass is 9.76. The van der Waals surface area contributed by atoms with Crippen molar-refractivity contribution >= 4 is 17.4 Å². The van der Waals surface area contributed by atoms with Crippen LogP contribution >= 0.6 is 0 Å². The summed E-state index contributed by atoms with van der Waals surface area (Å²) in [5.41, 5.74) is 0.873. The smallest absolute Gasteiger partial charge is 0.416 e. The van der Waals surface area contributed by atoms with Gasteiger partial charge in [0.05, 0.1) is 19.3 Å². The van der Waals surface area contributed by atoms with E-state index in [1.54, 1.807) is 31.2 Å². The lowest BCUT2D eigenvalue weighted by Gasteiger charge is -2.30. The molecule has 5 nitrogen and oxygen atoms in total. The number of alkyl halides is 3. The van der Waals surface area contributed by atoms with Crippen molar-refractivity contribution in [2.75, 3.05) is 19.0 Å². The maximum atomic E-state index is 12.8. The predicted octanol–water partition coefficient (Wildman–Crippen LogP) is 4.95. The lowest BCUT2D eigenvalue weighted by Crippen LogP contribution is -2.35. The third kappa shape index (κ3) is 5.25. The van der Waals surface area contributed by atoms with E-state index in [0.29, 0.717) is 23.6 Å². The molecule has 1 aliphatic carbocycles. The Morgan fingerprint density at radius 1 is 1.16 bits per heavy atom. The highest BCUT2D eigenvalue weighted by molar-refractivity contribution is 6.07. The van der Waals surface area contributed by atoms with E-state index in [9.17, 15) is 22.8 Å². The summed E-state index contributed by atoms with van der Waals surface area (Å²) in [6, 6.07) is 11.6. The van der Waals surface area contributed by atoms with Crippen LogP contribution in [0.15, 0.2) is 60.3 Å². The fourth-order valence-electron chi connectivity index (χ4n) is 3.58. The molecule has 0 aromatic heterocycles.